The maximum atomic E-state index is 13.3. The van der Waals surface area contributed by atoms with Gasteiger partial charge in [0.2, 0.25) is 0 Å². The quantitative estimate of drug-likeness (QED) is 0.316. The predicted molar refractivity (Wildman–Crippen MR) is 138 cm³/mol. The van der Waals surface area contributed by atoms with E-state index in [9.17, 15) is 9.59 Å². The molecule has 5 rings (SSSR count). The molecule has 0 aliphatic carbocycles. The Bertz CT molecular complexity index is 1490. The Morgan fingerprint density at radius 3 is 2.06 bits per heavy atom. The molecule has 1 amide bonds. The Balaban J connectivity index is 1.57. The van der Waals surface area contributed by atoms with Gasteiger partial charge in [-0.15, -0.1) is 0 Å². The van der Waals surface area contributed by atoms with Gasteiger partial charge in [-0.1, -0.05) is 66.7 Å². The number of fused-ring (bicyclic) bond motifs is 1. The summed E-state index contributed by atoms with van der Waals surface area (Å²) in [4.78, 5) is 26.2. The second kappa shape index (κ2) is 9.69. The van der Waals surface area contributed by atoms with E-state index in [2.05, 4.69) is 5.32 Å². The van der Waals surface area contributed by atoms with Crippen molar-refractivity contribution in [3.05, 3.63) is 132 Å². The Morgan fingerprint density at radius 2 is 1.40 bits per heavy atom. The van der Waals surface area contributed by atoms with Crippen LogP contribution in [0, 0.1) is 6.92 Å². The summed E-state index contributed by atoms with van der Waals surface area (Å²) in [5.74, 6) is 0.136. The standard InChI is InChI=1S/C30H24N2O3/c1-21-19-32(30(34)24-15-9-4-10-16-24)27-18-28(35-20-22-11-5-2-6-12-22)26(17-25(21)27)31-29(33)23-13-7-3-8-14-23/h2-19H,20H2,1H3,(H,31,33). The molecule has 1 aromatic heterocycles. The minimum absolute atomic E-state index is 0.126. The van der Waals surface area contributed by atoms with Crippen LogP contribution in [-0.2, 0) is 6.61 Å². The molecule has 172 valence electrons. The van der Waals surface area contributed by atoms with Gasteiger partial charge in [-0.2, -0.15) is 0 Å². The molecule has 5 aromatic rings. The van der Waals surface area contributed by atoms with E-state index in [1.165, 1.54) is 0 Å². The molecule has 0 saturated heterocycles. The molecule has 4 aromatic carbocycles. The SMILES string of the molecule is Cc1cn(C(=O)c2ccccc2)c2cc(OCc3ccccc3)c(NC(=O)c3ccccc3)cc12. The molecule has 0 bridgehead atoms. The van der Waals surface area contributed by atoms with Crippen LogP contribution in [0.4, 0.5) is 5.69 Å². The molecule has 0 spiro atoms. The van der Waals surface area contributed by atoms with Crippen LogP contribution in [0.25, 0.3) is 10.9 Å². The van der Waals surface area contributed by atoms with Crippen molar-refractivity contribution in [1.82, 2.24) is 4.57 Å². The molecule has 35 heavy (non-hydrogen) atoms. The highest BCUT2D eigenvalue weighted by Crippen LogP contribution is 2.34. The van der Waals surface area contributed by atoms with Crippen molar-refractivity contribution in [2.45, 2.75) is 13.5 Å². The third-order valence-corrected chi connectivity index (χ3v) is 5.87. The lowest BCUT2D eigenvalue weighted by molar-refractivity contribution is 0.0963. The van der Waals surface area contributed by atoms with Crippen LogP contribution in [0.5, 0.6) is 5.75 Å². The van der Waals surface area contributed by atoms with Crippen molar-refractivity contribution in [2.75, 3.05) is 5.32 Å². The number of nitrogens with zero attached hydrogens (tertiary/aromatic N) is 1. The van der Waals surface area contributed by atoms with Crippen LogP contribution in [0.15, 0.2) is 109 Å². The van der Waals surface area contributed by atoms with E-state index in [0.29, 0.717) is 29.2 Å². The molecule has 0 atom stereocenters. The summed E-state index contributed by atoms with van der Waals surface area (Å²) in [6, 6.07) is 31.7. The zero-order chi connectivity index (χ0) is 24.2. The van der Waals surface area contributed by atoms with Gasteiger partial charge >= 0.3 is 0 Å². The van der Waals surface area contributed by atoms with Crippen molar-refractivity contribution < 1.29 is 14.3 Å². The summed E-state index contributed by atoms with van der Waals surface area (Å²) in [6.07, 6.45) is 1.82. The first-order chi connectivity index (χ1) is 17.1. The molecule has 0 aliphatic rings. The van der Waals surface area contributed by atoms with Crippen LogP contribution in [0.2, 0.25) is 0 Å². The zero-order valence-corrected chi connectivity index (χ0v) is 19.3. The molecule has 0 unspecified atom stereocenters. The summed E-state index contributed by atoms with van der Waals surface area (Å²) < 4.78 is 7.82. The van der Waals surface area contributed by atoms with E-state index in [-0.39, 0.29) is 11.8 Å². The number of ether oxygens (including phenoxy) is 1. The number of rotatable bonds is 6. The maximum absolute atomic E-state index is 13.3. The number of carbonyl (C=O) groups excluding carboxylic acids is 2. The number of benzene rings is 4. The van der Waals surface area contributed by atoms with Gasteiger partial charge < -0.3 is 10.1 Å². The minimum Gasteiger partial charge on any atom is -0.487 e. The average molecular weight is 461 g/mol. The van der Waals surface area contributed by atoms with E-state index in [4.69, 9.17) is 4.74 Å². The van der Waals surface area contributed by atoms with Gasteiger partial charge in [-0.25, -0.2) is 0 Å². The highest BCUT2D eigenvalue weighted by atomic mass is 16.5. The minimum atomic E-state index is -0.230. The van der Waals surface area contributed by atoms with E-state index in [1.54, 1.807) is 28.8 Å². The Hall–Kier alpha value is -4.64. The molecule has 1 heterocycles. The lowest BCUT2D eigenvalue weighted by Gasteiger charge is -2.15. The third-order valence-electron chi connectivity index (χ3n) is 5.87. The largest absolute Gasteiger partial charge is 0.487 e. The number of amides is 1. The van der Waals surface area contributed by atoms with Crippen LogP contribution in [0.3, 0.4) is 0 Å². The molecule has 0 fully saturated rings. The van der Waals surface area contributed by atoms with Crippen LogP contribution >= 0.6 is 0 Å². The van der Waals surface area contributed by atoms with E-state index >= 15 is 0 Å². The highest BCUT2D eigenvalue weighted by Gasteiger charge is 2.18. The van der Waals surface area contributed by atoms with Gasteiger partial charge in [-0.05, 0) is 48.4 Å². The number of hydrogen-bond acceptors (Lipinski definition) is 3. The number of hydrogen-bond donors (Lipinski definition) is 1. The molecule has 0 saturated carbocycles. The average Bonchev–Trinajstić information content (AvgIpc) is 3.23. The molecule has 1 N–H and O–H groups in total. The zero-order valence-electron chi connectivity index (χ0n) is 19.3. The van der Waals surface area contributed by atoms with Crippen LogP contribution in [0.1, 0.15) is 31.8 Å². The fourth-order valence-corrected chi connectivity index (χ4v) is 4.04. The van der Waals surface area contributed by atoms with Crippen molar-refractivity contribution in [1.29, 1.82) is 0 Å². The van der Waals surface area contributed by atoms with Gasteiger partial charge in [0.1, 0.15) is 12.4 Å². The fourth-order valence-electron chi connectivity index (χ4n) is 4.04. The normalized spacial score (nSPS) is 10.8. The van der Waals surface area contributed by atoms with Crippen molar-refractivity contribution in [2.24, 2.45) is 0 Å². The number of aromatic nitrogens is 1. The highest BCUT2D eigenvalue weighted by molar-refractivity contribution is 6.08. The monoisotopic (exact) mass is 460 g/mol. The molecule has 5 nitrogen and oxygen atoms in total. The van der Waals surface area contributed by atoms with Gasteiger partial charge in [-0.3, -0.25) is 14.2 Å². The third kappa shape index (κ3) is 4.70. The topological polar surface area (TPSA) is 60.3 Å². The van der Waals surface area contributed by atoms with Crippen molar-refractivity contribution in [3.8, 4) is 5.75 Å². The summed E-state index contributed by atoms with van der Waals surface area (Å²) in [5, 5.41) is 3.86. The van der Waals surface area contributed by atoms with Gasteiger partial charge in [0.05, 0.1) is 11.2 Å². The number of nitrogens with one attached hydrogen (secondary N) is 1. The second-order valence-electron chi connectivity index (χ2n) is 8.31. The van der Waals surface area contributed by atoms with Gasteiger partial charge in [0.25, 0.3) is 11.8 Å². The lowest BCUT2D eigenvalue weighted by atomic mass is 10.1. The molecular formula is C30H24N2O3. The van der Waals surface area contributed by atoms with Gasteiger partial charge in [0.15, 0.2) is 0 Å². The molecule has 0 radical (unpaired) electrons. The Morgan fingerprint density at radius 1 is 0.800 bits per heavy atom. The first-order valence-corrected chi connectivity index (χ1v) is 11.4. The van der Waals surface area contributed by atoms with Crippen LogP contribution in [-0.4, -0.2) is 16.4 Å². The molecular weight excluding hydrogens is 436 g/mol. The lowest BCUT2D eigenvalue weighted by Crippen LogP contribution is -2.13. The maximum Gasteiger partial charge on any atom is 0.262 e. The summed E-state index contributed by atoms with van der Waals surface area (Å²) in [5.41, 5.74) is 4.34. The fraction of sp³-hybridized carbons (Fsp3) is 0.0667. The number of carbonyl (C=O) groups is 2. The van der Waals surface area contributed by atoms with E-state index in [1.807, 2.05) is 92.0 Å². The van der Waals surface area contributed by atoms with Crippen molar-refractivity contribution >= 4 is 28.4 Å². The smallest absolute Gasteiger partial charge is 0.262 e. The summed E-state index contributed by atoms with van der Waals surface area (Å²) in [6.45, 7) is 2.28. The van der Waals surface area contributed by atoms with E-state index < -0.39 is 0 Å². The number of anilines is 1. The second-order valence-corrected chi connectivity index (χ2v) is 8.31. The first-order valence-electron chi connectivity index (χ1n) is 11.4. The molecule has 0 aliphatic heterocycles. The summed E-state index contributed by atoms with van der Waals surface area (Å²) in [7, 11) is 0. The number of aryl methyl sites for hydroxylation is 1. The van der Waals surface area contributed by atoms with Gasteiger partial charge in [0, 0.05) is 28.8 Å². The first kappa shape index (κ1) is 22.2. The van der Waals surface area contributed by atoms with Crippen LogP contribution < -0.4 is 10.1 Å². The Labute approximate surface area is 203 Å². The molecule has 5 heteroatoms. The Kier molecular flexibility index (Phi) is 6.14. The predicted octanol–water partition coefficient (Wildman–Crippen LogP) is 6.47. The van der Waals surface area contributed by atoms with Crippen molar-refractivity contribution in [3.63, 3.8) is 0 Å². The van der Waals surface area contributed by atoms with E-state index in [0.717, 1.165) is 22.0 Å². The summed E-state index contributed by atoms with van der Waals surface area (Å²) >= 11 is 0.